The Bertz CT molecular complexity index is 1120. The van der Waals surface area contributed by atoms with E-state index < -0.39 is 0 Å². The number of aliphatic imine (C=N–C) groups is 1. The van der Waals surface area contributed by atoms with E-state index in [2.05, 4.69) is 42.5 Å². The maximum Gasteiger partial charge on any atom is 0.127 e. The fraction of sp³-hybridized carbons (Fsp3) is 0.130. The molecule has 4 heteroatoms. The van der Waals surface area contributed by atoms with Crippen molar-refractivity contribution in [2.24, 2.45) is 4.99 Å². The molecule has 0 aliphatic heterocycles. The second-order valence-electron chi connectivity index (χ2n) is 6.57. The van der Waals surface area contributed by atoms with E-state index in [0.717, 1.165) is 21.9 Å². The minimum Gasteiger partial charge on any atom is -0.245 e. The van der Waals surface area contributed by atoms with Crippen molar-refractivity contribution in [3.8, 4) is 10.6 Å². The van der Waals surface area contributed by atoms with Crippen molar-refractivity contribution in [3.63, 3.8) is 0 Å². The lowest BCUT2D eigenvalue weighted by atomic mass is 10.1. The van der Waals surface area contributed by atoms with Gasteiger partial charge in [-0.2, -0.15) is 0 Å². The Morgan fingerprint density at radius 1 is 0.926 bits per heavy atom. The van der Waals surface area contributed by atoms with Crippen molar-refractivity contribution in [2.45, 2.75) is 19.3 Å². The molecular formula is C23H18N2S2. The molecule has 0 atom stereocenters. The molecule has 0 bridgehead atoms. The van der Waals surface area contributed by atoms with Gasteiger partial charge in [-0.15, -0.1) is 22.7 Å². The van der Waals surface area contributed by atoms with E-state index in [4.69, 9.17) is 9.98 Å². The average molecular weight is 387 g/mol. The molecule has 0 saturated carbocycles. The summed E-state index contributed by atoms with van der Waals surface area (Å²) in [5.41, 5.74) is 5.00. The second-order valence-corrected chi connectivity index (χ2v) is 8.69. The van der Waals surface area contributed by atoms with Gasteiger partial charge in [0.2, 0.25) is 0 Å². The number of allylic oxidation sites excluding steroid dienone is 1. The van der Waals surface area contributed by atoms with Crippen LogP contribution in [-0.4, -0.2) is 11.2 Å². The number of aryl methyl sites for hydroxylation is 1. The Morgan fingerprint density at radius 3 is 2.67 bits per heavy atom. The SMILES string of the molecule is C(=C\c1ccccc1)/C=N/c1sc2c(c1-c1nc3ccccc3s1)CCC2. The van der Waals surface area contributed by atoms with E-state index in [0.29, 0.717) is 0 Å². The van der Waals surface area contributed by atoms with Gasteiger partial charge >= 0.3 is 0 Å². The standard InChI is InChI=1S/C23H18N2S2/c1-2-8-16(9-3-1)10-7-15-24-22-21(17-11-6-14-19(17)26-22)23-25-18-12-4-5-13-20(18)27-23/h1-5,7-10,12-13,15H,6,11,14H2/b10-7+,24-15+. The van der Waals surface area contributed by atoms with E-state index in [-0.39, 0.29) is 0 Å². The smallest absolute Gasteiger partial charge is 0.127 e. The molecule has 0 unspecified atom stereocenters. The highest BCUT2D eigenvalue weighted by atomic mass is 32.1. The molecule has 0 N–H and O–H groups in total. The van der Waals surface area contributed by atoms with Gasteiger partial charge in [0.25, 0.3) is 0 Å². The molecule has 2 aromatic carbocycles. The Balaban J connectivity index is 1.51. The molecule has 2 nitrogen and oxygen atoms in total. The summed E-state index contributed by atoms with van der Waals surface area (Å²) in [5, 5.41) is 2.20. The van der Waals surface area contributed by atoms with Crippen LogP contribution in [0.2, 0.25) is 0 Å². The predicted molar refractivity (Wildman–Crippen MR) is 119 cm³/mol. The zero-order chi connectivity index (χ0) is 18.1. The molecule has 2 aromatic heterocycles. The van der Waals surface area contributed by atoms with Crippen LogP contribution in [0, 0.1) is 0 Å². The molecule has 1 aliphatic rings. The fourth-order valence-electron chi connectivity index (χ4n) is 3.51. The Kier molecular flexibility index (Phi) is 4.44. The fourth-order valence-corrected chi connectivity index (χ4v) is 5.86. The minimum absolute atomic E-state index is 1.08. The van der Waals surface area contributed by atoms with Crippen molar-refractivity contribution >= 4 is 50.2 Å². The van der Waals surface area contributed by atoms with Gasteiger partial charge in [-0.1, -0.05) is 48.5 Å². The first-order valence-corrected chi connectivity index (χ1v) is 10.8. The van der Waals surface area contributed by atoms with E-state index >= 15 is 0 Å². The van der Waals surface area contributed by atoms with Crippen LogP contribution in [0.25, 0.3) is 26.9 Å². The lowest BCUT2D eigenvalue weighted by Gasteiger charge is -1.99. The number of para-hydroxylation sites is 1. The zero-order valence-corrected chi connectivity index (χ0v) is 16.4. The van der Waals surface area contributed by atoms with Gasteiger partial charge in [0.1, 0.15) is 10.0 Å². The molecule has 4 aromatic rings. The summed E-state index contributed by atoms with van der Waals surface area (Å²) in [7, 11) is 0. The molecule has 0 amide bonds. The Morgan fingerprint density at radius 2 is 1.78 bits per heavy atom. The van der Waals surface area contributed by atoms with Crippen molar-refractivity contribution in [1.29, 1.82) is 0 Å². The molecule has 0 fully saturated rings. The average Bonchev–Trinajstić information content (AvgIpc) is 3.39. The molecule has 0 spiro atoms. The van der Waals surface area contributed by atoms with Gasteiger partial charge in [0, 0.05) is 11.1 Å². The lowest BCUT2D eigenvalue weighted by Crippen LogP contribution is -1.81. The topological polar surface area (TPSA) is 25.2 Å². The van der Waals surface area contributed by atoms with Crippen LogP contribution in [0.1, 0.15) is 22.4 Å². The Labute approximate surface area is 166 Å². The molecule has 5 rings (SSSR count). The van der Waals surface area contributed by atoms with Crippen LogP contribution in [0.15, 0.2) is 65.7 Å². The molecule has 27 heavy (non-hydrogen) atoms. The maximum atomic E-state index is 4.90. The second kappa shape index (κ2) is 7.22. The first kappa shape index (κ1) is 16.6. The number of benzene rings is 2. The van der Waals surface area contributed by atoms with Crippen LogP contribution < -0.4 is 0 Å². The summed E-state index contributed by atoms with van der Waals surface area (Å²) in [4.78, 5) is 11.2. The molecule has 0 saturated heterocycles. The summed E-state index contributed by atoms with van der Waals surface area (Å²) in [6, 6.07) is 18.7. The number of thiazole rings is 1. The third-order valence-electron chi connectivity index (χ3n) is 4.78. The highest BCUT2D eigenvalue weighted by Gasteiger charge is 2.24. The van der Waals surface area contributed by atoms with Crippen LogP contribution in [0.3, 0.4) is 0 Å². The predicted octanol–water partition coefficient (Wildman–Crippen LogP) is 6.93. The molecule has 0 radical (unpaired) electrons. The van der Waals surface area contributed by atoms with E-state index in [1.807, 2.05) is 41.8 Å². The molecule has 1 aliphatic carbocycles. The third-order valence-corrected chi connectivity index (χ3v) is 7.03. The monoisotopic (exact) mass is 386 g/mol. The molecule has 2 heterocycles. The number of nitrogens with zero attached hydrogens (tertiary/aromatic N) is 2. The number of fused-ring (bicyclic) bond motifs is 2. The first-order valence-electron chi connectivity index (χ1n) is 9.15. The normalized spacial score (nSPS) is 13.9. The van der Waals surface area contributed by atoms with Gasteiger partial charge in [-0.3, -0.25) is 0 Å². The van der Waals surface area contributed by atoms with Gasteiger partial charge in [0.15, 0.2) is 0 Å². The van der Waals surface area contributed by atoms with E-state index in [9.17, 15) is 0 Å². The molecular weight excluding hydrogens is 368 g/mol. The van der Waals surface area contributed by atoms with Crippen molar-refractivity contribution in [1.82, 2.24) is 4.98 Å². The summed E-state index contributed by atoms with van der Waals surface area (Å²) in [5.74, 6) is 0. The van der Waals surface area contributed by atoms with Gasteiger partial charge in [-0.25, -0.2) is 9.98 Å². The summed E-state index contributed by atoms with van der Waals surface area (Å²) < 4.78 is 1.24. The van der Waals surface area contributed by atoms with Gasteiger partial charge < -0.3 is 0 Å². The van der Waals surface area contributed by atoms with E-state index in [1.165, 1.54) is 39.1 Å². The first-order chi connectivity index (χ1) is 13.4. The van der Waals surface area contributed by atoms with E-state index in [1.54, 1.807) is 11.3 Å². The number of thiophene rings is 1. The number of aromatic nitrogens is 1. The lowest BCUT2D eigenvalue weighted by molar-refractivity contribution is 0.915. The summed E-state index contributed by atoms with van der Waals surface area (Å²) >= 11 is 3.61. The van der Waals surface area contributed by atoms with Gasteiger partial charge in [-0.05, 0) is 48.6 Å². The maximum absolute atomic E-state index is 4.90. The van der Waals surface area contributed by atoms with Crippen molar-refractivity contribution < 1.29 is 0 Å². The third kappa shape index (κ3) is 3.27. The largest absolute Gasteiger partial charge is 0.245 e. The number of hydrogen-bond donors (Lipinski definition) is 0. The summed E-state index contributed by atoms with van der Waals surface area (Å²) in [6.45, 7) is 0. The quantitative estimate of drug-likeness (QED) is 0.349. The van der Waals surface area contributed by atoms with Gasteiger partial charge in [0.05, 0.1) is 15.8 Å². The van der Waals surface area contributed by atoms with Crippen LogP contribution in [-0.2, 0) is 12.8 Å². The highest BCUT2D eigenvalue weighted by Crippen LogP contribution is 2.48. The van der Waals surface area contributed by atoms with Crippen LogP contribution in [0.4, 0.5) is 5.00 Å². The zero-order valence-electron chi connectivity index (χ0n) is 14.8. The highest BCUT2D eigenvalue weighted by molar-refractivity contribution is 7.22. The van der Waals surface area contributed by atoms with Crippen molar-refractivity contribution in [3.05, 3.63) is 76.7 Å². The van der Waals surface area contributed by atoms with Crippen LogP contribution >= 0.6 is 22.7 Å². The molecule has 132 valence electrons. The minimum atomic E-state index is 1.08. The number of hydrogen-bond acceptors (Lipinski definition) is 4. The summed E-state index contributed by atoms with van der Waals surface area (Å²) in [6.07, 6.45) is 9.58. The van der Waals surface area contributed by atoms with Crippen LogP contribution in [0.5, 0.6) is 0 Å². The Hall–Kier alpha value is -2.56. The number of rotatable bonds is 4. The van der Waals surface area contributed by atoms with Crippen molar-refractivity contribution in [2.75, 3.05) is 0 Å².